The SMILES string of the molecule is CC(Cc1ccc(-c2ccccc2)cc1)NCC(O)c1ccccc1. The molecule has 0 heterocycles. The van der Waals surface area contributed by atoms with Crippen LogP contribution >= 0.6 is 0 Å². The van der Waals surface area contributed by atoms with E-state index in [9.17, 15) is 5.11 Å². The number of aliphatic hydroxyl groups excluding tert-OH is 1. The van der Waals surface area contributed by atoms with E-state index in [-0.39, 0.29) is 0 Å². The second-order valence-corrected chi connectivity index (χ2v) is 6.50. The molecule has 0 aliphatic carbocycles. The second kappa shape index (κ2) is 8.61. The molecule has 0 spiro atoms. The van der Waals surface area contributed by atoms with Gasteiger partial charge in [0.2, 0.25) is 0 Å². The minimum absolute atomic E-state index is 0.306. The Morgan fingerprint density at radius 3 is 1.96 bits per heavy atom. The molecule has 3 aromatic rings. The summed E-state index contributed by atoms with van der Waals surface area (Å²) in [5.74, 6) is 0. The molecule has 0 saturated carbocycles. The molecule has 0 saturated heterocycles. The van der Waals surface area contributed by atoms with Crippen LogP contribution in [0.5, 0.6) is 0 Å². The molecule has 0 aromatic heterocycles. The van der Waals surface area contributed by atoms with Gasteiger partial charge in [-0.2, -0.15) is 0 Å². The van der Waals surface area contributed by atoms with Crippen molar-refractivity contribution >= 4 is 0 Å². The molecule has 3 rings (SSSR count). The summed E-state index contributed by atoms with van der Waals surface area (Å²) in [5.41, 5.74) is 4.74. The van der Waals surface area contributed by atoms with Gasteiger partial charge in [0.05, 0.1) is 6.10 Å². The average molecular weight is 331 g/mol. The molecule has 128 valence electrons. The molecule has 0 radical (unpaired) electrons. The summed E-state index contributed by atoms with van der Waals surface area (Å²) in [6, 6.07) is 29.2. The van der Waals surface area contributed by atoms with E-state index in [1.165, 1.54) is 16.7 Å². The van der Waals surface area contributed by atoms with Crippen LogP contribution in [-0.4, -0.2) is 17.7 Å². The maximum Gasteiger partial charge on any atom is 0.0914 e. The summed E-state index contributed by atoms with van der Waals surface area (Å²) in [6.07, 6.45) is 0.473. The summed E-state index contributed by atoms with van der Waals surface area (Å²) in [5, 5.41) is 13.7. The zero-order valence-electron chi connectivity index (χ0n) is 14.6. The van der Waals surface area contributed by atoms with Crippen LogP contribution in [0.3, 0.4) is 0 Å². The smallest absolute Gasteiger partial charge is 0.0914 e. The first-order valence-corrected chi connectivity index (χ1v) is 8.83. The summed E-state index contributed by atoms with van der Waals surface area (Å²) in [6.45, 7) is 2.72. The highest BCUT2D eigenvalue weighted by Gasteiger charge is 2.09. The monoisotopic (exact) mass is 331 g/mol. The van der Waals surface area contributed by atoms with Crippen LogP contribution in [0.1, 0.15) is 24.2 Å². The highest BCUT2D eigenvalue weighted by atomic mass is 16.3. The quantitative estimate of drug-likeness (QED) is 0.663. The Kier molecular flexibility index (Phi) is 5.99. The molecule has 0 fully saturated rings. The average Bonchev–Trinajstić information content (AvgIpc) is 2.68. The molecule has 0 aliphatic heterocycles. The lowest BCUT2D eigenvalue weighted by Crippen LogP contribution is -2.32. The fourth-order valence-electron chi connectivity index (χ4n) is 3.00. The van der Waals surface area contributed by atoms with E-state index in [1.807, 2.05) is 36.4 Å². The van der Waals surface area contributed by atoms with E-state index in [0.717, 1.165) is 12.0 Å². The van der Waals surface area contributed by atoms with Crippen molar-refractivity contribution in [2.24, 2.45) is 0 Å². The van der Waals surface area contributed by atoms with Crippen molar-refractivity contribution in [3.05, 3.63) is 96.1 Å². The van der Waals surface area contributed by atoms with Crippen LogP contribution in [0, 0.1) is 0 Å². The molecule has 25 heavy (non-hydrogen) atoms. The Labute approximate surface area is 150 Å². The fraction of sp³-hybridized carbons (Fsp3) is 0.217. The van der Waals surface area contributed by atoms with Gasteiger partial charge in [0.1, 0.15) is 0 Å². The van der Waals surface area contributed by atoms with E-state index in [0.29, 0.717) is 12.6 Å². The molecule has 0 bridgehead atoms. The number of rotatable bonds is 7. The van der Waals surface area contributed by atoms with Crippen LogP contribution in [-0.2, 0) is 6.42 Å². The Morgan fingerprint density at radius 1 is 0.760 bits per heavy atom. The lowest BCUT2D eigenvalue weighted by molar-refractivity contribution is 0.170. The molecule has 2 heteroatoms. The Balaban J connectivity index is 1.52. The third-order valence-electron chi connectivity index (χ3n) is 4.45. The van der Waals surface area contributed by atoms with Crippen molar-refractivity contribution in [1.29, 1.82) is 0 Å². The van der Waals surface area contributed by atoms with E-state index in [2.05, 4.69) is 60.8 Å². The van der Waals surface area contributed by atoms with Gasteiger partial charge in [0.15, 0.2) is 0 Å². The third kappa shape index (κ3) is 5.02. The standard InChI is InChI=1S/C23H25NO/c1-18(24-17-23(25)22-10-6-3-7-11-22)16-19-12-14-21(15-13-19)20-8-4-2-5-9-20/h2-15,18,23-25H,16-17H2,1H3. The van der Waals surface area contributed by atoms with Crippen LogP contribution in [0.15, 0.2) is 84.9 Å². The first kappa shape index (κ1) is 17.4. The lowest BCUT2D eigenvalue weighted by Gasteiger charge is -2.17. The third-order valence-corrected chi connectivity index (χ3v) is 4.45. The Bertz CT molecular complexity index is 753. The van der Waals surface area contributed by atoms with Gasteiger partial charge in [0.25, 0.3) is 0 Å². The van der Waals surface area contributed by atoms with E-state index in [4.69, 9.17) is 0 Å². The van der Waals surface area contributed by atoms with Gasteiger partial charge in [-0.3, -0.25) is 0 Å². The molecule has 2 nitrogen and oxygen atoms in total. The van der Waals surface area contributed by atoms with E-state index in [1.54, 1.807) is 0 Å². The fourth-order valence-corrected chi connectivity index (χ4v) is 3.00. The summed E-state index contributed by atoms with van der Waals surface area (Å²) in [7, 11) is 0. The summed E-state index contributed by atoms with van der Waals surface area (Å²) in [4.78, 5) is 0. The minimum atomic E-state index is -0.468. The van der Waals surface area contributed by atoms with Crippen LogP contribution in [0.4, 0.5) is 0 Å². The largest absolute Gasteiger partial charge is 0.387 e. The van der Waals surface area contributed by atoms with Gasteiger partial charge in [-0.1, -0.05) is 84.9 Å². The maximum absolute atomic E-state index is 10.2. The molecule has 2 N–H and O–H groups in total. The number of benzene rings is 3. The molecule has 2 unspecified atom stereocenters. The van der Waals surface area contributed by atoms with Gasteiger partial charge >= 0.3 is 0 Å². The molecule has 3 aromatic carbocycles. The molecule has 2 atom stereocenters. The second-order valence-electron chi connectivity index (χ2n) is 6.50. The van der Waals surface area contributed by atoms with Gasteiger partial charge in [-0.25, -0.2) is 0 Å². The zero-order chi connectivity index (χ0) is 17.5. The molecule has 0 amide bonds. The highest BCUT2D eigenvalue weighted by molar-refractivity contribution is 5.63. The lowest BCUT2D eigenvalue weighted by atomic mass is 10.0. The van der Waals surface area contributed by atoms with Crippen LogP contribution in [0.2, 0.25) is 0 Å². The van der Waals surface area contributed by atoms with Crippen molar-refractivity contribution in [3.63, 3.8) is 0 Å². The molecule has 0 aliphatic rings. The highest BCUT2D eigenvalue weighted by Crippen LogP contribution is 2.19. The van der Waals surface area contributed by atoms with Crippen molar-refractivity contribution < 1.29 is 5.11 Å². The molecular formula is C23H25NO. The Morgan fingerprint density at radius 2 is 1.32 bits per heavy atom. The predicted molar refractivity (Wildman–Crippen MR) is 104 cm³/mol. The maximum atomic E-state index is 10.2. The van der Waals surface area contributed by atoms with Crippen molar-refractivity contribution in [2.75, 3.05) is 6.54 Å². The number of hydrogen-bond acceptors (Lipinski definition) is 2. The summed E-state index contributed by atoms with van der Waals surface area (Å²) < 4.78 is 0. The zero-order valence-corrected chi connectivity index (χ0v) is 14.6. The topological polar surface area (TPSA) is 32.3 Å². The van der Waals surface area contributed by atoms with Gasteiger partial charge < -0.3 is 10.4 Å². The number of nitrogens with one attached hydrogen (secondary N) is 1. The summed E-state index contributed by atoms with van der Waals surface area (Å²) >= 11 is 0. The first-order valence-electron chi connectivity index (χ1n) is 8.83. The van der Waals surface area contributed by atoms with E-state index >= 15 is 0 Å². The Hall–Kier alpha value is -2.42. The normalized spacial score (nSPS) is 13.4. The van der Waals surface area contributed by atoms with Crippen LogP contribution in [0.25, 0.3) is 11.1 Å². The number of hydrogen-bond donors (Lipinski definition) is 2. The molecular weight excluding hydrogens is 306 g/mol. The van der Waals surface area contributed by atoms with E-state index < -0.39 is 6.10 Å². The van der Waals surface area contributed by atoms with Gasteiger partial charge in [0, 0.05) is 12.6 Å². The van der Waals surface area contributed by atoms with Crippen molar-refractivity contribution in [1.82, 2.24) is 5.32 Å². The number of aliphatic hydroxyl groups is 1. The minimum Gasteiger partial charge on any atom is -0.387 e. The van der Waals surface area contributed by atoms with Crippen molar-refractivity contribution in [3.8, 4) is 11.1 Å². The van der Waals surface area contributed by atoms with Gasteiger partial charge in [-0.15, -0.1) is 0 Å². The van der Waals surface area contributed by atoms with Gasteiger partial charge in [-0.05, 0) is 35.6 Å². The van der Waals surface area contributed by atoms with Crippen molar-refractivity contribution in [2.45, 2.75) is 25.5 Å². The van der Waals surface area contributed by atoms with Crippen LogP contribution < -0.4 is 5.32 Å². The first-order chi connectivity index (χ1) is 12.2. The predicted octanol–water partition coefficient (Wildman–Crippen LogP) is 4.61.